The first-order valence-electron chi connectivity index (χ1n) is 8.59. The van der Waals surface area contributed by atoms with Gasteiger partial charge in [-0.1, -0.05) is 26.7 Å². The molecule has 0 radical (unpaired) electrons. The molecule has 0 N–H and O–H groups in total. The average molecular weight is 308 g/mol. The maximum absolute atomic E-state index is 5.68. The van der Waals surface area contributed by atoms with Gasteiger partial charge in [0.1, 0.15) is 12.4 Å². The van der Waals surface area contributed by atoms with Gasteiger partial charge in [-0.25, -0.2) is 0 Å². The van der Waals surface area contributed by atoms with Crippen LogP contribution in [0.1, 0.15) is 45.1 Å². The Morgan fingerprint density at radius 3 is 2.64 bits per heavy atom. The molecule has 1 aromatic rings. The van der Waals surface area contributed by atoms with E-state index in [1.807, 2.05) is 6.20 Å². The first-order valence-corrected chi connectivity index (χ1v) is 8.59. The van der Waals surface area contributed by atoms with Crippen LogP contribution in [0.2, 0.25) is 0 Å². The van der Waals surface area contributed by atoms with E-state index in [0.29, 0.717) is 13.2 Å². The zero-order chi connectivity index (χ0) is 16.0. The molecule has 1 heterocycles. The quantitative estimate of drug-likeness (QED) is 0.522. The minimum atomic E-state index is 0.585. The van der Waals surface area contributed by atoms with E-state index in [1.54, 1.807) is 6.20 Å². The summed E-state index contributed by atoms with van der Waals surface area (Å²) in [6.45, 7) is 8.60. The summed E-state index contributed by atoms with van der Waals surface area (Å²) in [5, 5.41) is 0. The fourth-order valence-electron chi connectivity index (χ4n) is 2.21. The Bertz CT molecular complexity index is 385. The summed E-state index contributed by atoms with van der Waals surface area (Å²) < 4.78 is 11.1. The highest BCUT2D eigenvalue weighted by atomic mass is 16.5. The van der Waals surface area contributed by atoms with Crippen LogP contribution in [0.4, 0.5) is 0 Å². The Labute approximate surface area is 135 Å². The molecule has 22 heavy (non-hydrogen) atoms. The maximum atomic E-state index is 5.68. The van der Waals surface area contributed by atoms with E-state index in [0.717, 1.165) is 31.7 Å². The second-order valence-corrected chi connectivity index (χ2v) is 5.75. The number of unbranched alkanes of at least 4 members (excludes halogenated alkanes) is 2. The van der Waals surface area contributed by atoms with Crippen LogP contribution in [0.25, 0.3) is 0 Å². The zero-order valence-corrected chi connectivity index (χ0v) is 14.5. The third-order valence-corrected chi connectivity index (χ3v) is 3.54. The summed E-state index contributed by atoms with van der Waals surface area (Å²) in [5.41, 5.74) is 1.23. The molecule has 0 fully saturated rings. The largest absolute Gasteiger partial charge is 0.490 e. The van der Waals surface area contributed by atoms with E-state index >= 15 is 0 Å². The maximum Gasteiger partial charge on any atom is 0.137 e. The SMILES string of the molecule is CCCCCN(C)CCc1cncc(OCCOCCC)c1. The Morgan fingerprint density at radius 1 is 1.00 bits per heavy atom. The lowest BCUT2D eigenvalue weighted by atomic mass is 10.2. The molecule has 0 aliphatic carbocycles. The van der Waals surface area contributed by atoms with Crippen molar-refractivity contribution >= 4 is 0 Å². The van der Waals surface area contributed by atoms with Crippen molar-refractivity contribution in [2.24, 2.45) is 0 Å². The normalized spacial score (nSPS) is 11.1. The molecule has 0 aliphatic rings. The summed E-state index contributed by atoms with van der Waals surface area (Å²) in [4.78, 5) is 6.66. The summed E-state index contributed by atoms with van der Waals surface area (Å²) in [6, 6.07) is 2.09. The van der Waals surface area contributed by atoms with E-state index in [1.165, 1.54) is 31.4 Å². The fraction of sp³-hybridized carbons (Fsp3) is 0.722. The van der Waals surface area contributed by atoms with Crippen LogP contribution in [0.3, 0.4) is 0 Å². The predicted octanol–water partition coefficient (Wildman–Crippen LogP) is 3.55. The first-order chi connectivity index (χ1) is 10.8. The van der Waals surface area contributed by atoms with E-state index in [4.69, 9.17) is 9.47 Å². The highest BCUT2D eigenvalue weighted by molar-refractivity contribution is 5.23. The summed E-state index contributed by atoms with van der Waals surface area (Å²) in [6.07, 6.45) is 9.64. The van der Waals surface area contributed by atoms with Gasteiger partial charge in [-0.2, -0.15) is 0 Å². The van der Waals surface area contributed by atoms with Crippen LogP contribution in [0.15, 0.2) is 18.5 Å². The van der Waals surface area contributed by atoms with Crippen LogP contribution in [-0.2, 0) is 11.2 Å². The van der Waals surface area contributed by atoms with Gasteiger partial charge in [0.15, 0.2) is 0 Å². The molecule has 0 saturated heterocycles. The molecule has 1 aromatic heterocycles. The molecule has 0 atom stereocenters. The summed E-state index contributed by atoms with van der Waals surface area (Å²) >= 11 is 0. The predicted molar refractivity (Wildman–Crippen MR) is 91.6 cm³/mol. The van der Waals surface area contributed by atoms with Gasteiger partial charge in [0.25, 0.3) is 0 Å². The second-order valence-electron chi connectivity index (χ2n) is 5.75. The third kappa shape index (κ3) is 9.00. The molecule has 0 amide bonds. The Morgan fingerprint density at radius 2 is 1.86 bits per heavy atom. The molecule has 4 nitrogen and oxygen atoms in total. The number of likely N-dealkylation sites (N-methyl/N-ethyl adjacent to an activating group) is 1. The molecule has 0 aromatic carbocycles. The third-order valence-electron chi connectivity index (χ3n) is 3.54. The second kappa shape index (κ2) is 12.4. The lowest BCUT2D eigenvalue weighted by Crippen LogP contribution is -2.22. The van der Waals surface area contributed by atoms with Gasteiger partial charge < -0.3 is 14.4 Å². The van der Waals surface area contributed by atoms with E-state index in [-0.39, 0.29) is 0 Å². The van der Waals surface area contributed by atoms with Crippen LogP contribution in [0.5, 0.6) is 5.75 Å². The van der Waals surface area contributed by atoms with Crippen molar-refractivity contribution in [1.82, 2.24) is 9.88 Å². The molecule has 0 aliphatic heterocycles. The van der Waals surface area contributed by atoms with Gasteiger partial charge in [0.05, 0.1) is 12.8 Å². The molecule has 126 valence electrons. The number of ether oxygens (including phenoxy) is 2. The van der Waals surface area contributed by atoms with E-state index in [9.17, 15) is 0 Å². The van der Waals surface area contributed by atoms with Crippen molar-refractivity contribution in [3.05, 3.63) is 24.0 Å². The van der Waals surface area contributed by atoms with Crippen LogP contribution in [-0.4, -0.2) is 49.8 Å². The fourth-order valence-corrected chi connectivity index (χ4v) is 2.21. The number of pyridine rings is 1. The first kappa shape index (κ1) is 18.9. The van der Waals surface area contributed by atoms with Gasteiger partial charge in [-0.15, -0.1) is 0 Å². The Hall–Kier alpha value is -1.13. The minimum Gasteiger partial charge on any atom is -0.490 e. The van der Waals surface area contributed by atoms with Crippen molar-refractivity contribution < 1.29 is 9.47 Å². The lowest BCUT2D eigenvalue weighted by molar-refractivity contribution is 0.100. The lowest BCUT2D eigenvalue weighted by Gasteiger charge is -2.16. The monoisotopic (exact) mass is 308 g/mol. The van der Waals surface area contributed by atoms with Crippen molar-refractivity contribution in [3.63, 3.8) is 0 Å². The van der Waals surface area contributed by atoms with Gasteiger partial charge in [-0.3, -0.25) is 4.98 Å². The number of hydrogen-bond donors (Lipinski definition) is 0. The Kier molecular flexibility index (Phi) is 10.7. The molecule has 0 unspecified atom stereocenters. The topological polar surface area (TPSA) is 34.6 Å². The number of hydrogen-bond acceptors (Lipinski definition) is 4. The number of rotatable bonds is 13. The smallest absolute Gasteiger partial charge is 0.137 e. The highest BCUT2D eigenvalue weighted by Crippen LogP contribution is 2.12. The van der Waals surface area contributed by atoms with Gasteiger partial charge in [0, 0.05) is 19.3 Å². The molecule has 0 spiro atoms. The molecule has 1 rings (SSSR count). The van der Waals surface area contributed by atoms with Crippen molar-refractivity contribution in [1.29, 1.82) is 0 Å². The average Bonchev–Trinajstić information content (AvgIpc) is 2.53. The molecular weight excluding hydrogens is 276 g/mol. The van der Waals surface area contributed by atoms with E-state index in [2.05, 4.69) is 36.8 Å². The minimum absolute atomic E-state index is 0.585. The van der Waals surface area contributed by atoms with Gasteiger partial charge >= 0.3 is 0 Å². The van der Waals surface area contributed by atoms with Crippen molar-refractivity contribution in [2.75, 3.05) is 40.0 Å². The zero-order valence-electron chi connectivity index (χ0n) is 14.5. The molecule has 0 bridgehead atoms. The summed E-state index contributed by atoms with van der Waals surface area (Å²) in [7, 11) is 2.19. The standard InChI is InChI=1S/C18H32N2O2/c1-4-6-7-9-20(3)10-8-17-14-18(16-19-15-17)22-13-12-21-11-5-2/h14-16H,4-13H2,1-3H3. The summed E-state index contributed by atoms with van der Waals surface area (Å²) in [5.74, 6) is 0.839. The molecule has 4 heteroatoms. The van der Waals surface area contributed by atoms with Gasteiger partial charge in [0.2, 0.25) is 0 Å². The van der Waals surface area contributed by atoms with Crippen LogP contribution >= 0.6 is 0 Å². The van der Waals surface area contributed by atoms with Crippen molar-refractivity contribution in [3.8, 4) is 5.75 Å². The highest BCUT2D eigenvalue weighted by Gasteiger charge is 2.02. The number of aromatic nitrogens is 1. The number of nitrogens with zero attached hydrogens (tertiary/aromatic N) is 2. The molecular formula is C18H32N2O2. The van der Waals surface area contributed by atoms with E-state index < -0.39 is 0 Å². The molecule has 0 saturated carbocycles. The van der Waals surface area contributed by atoms with Crippen molar-refractivity contribution in [2.45, 2.75) is 46.0 Å². The van der Waals surface area contributed by atoms with Gasteiger partial charge in [-0.05, 0) is 44.5 Å². The Balaban J connectivity index is 2.25. The van der Waals surface area contributed by atoms with Crippen LogP contribution in [0, 0.1) is 0 Å². The van der Waals surface area contributed by atoms with Crippen LogP contribution < -0.4 is 4.74 Å².